The number of nitrogens with one attached hydrogen (secondary N) is 1. The second-order valence-corrected chi connectivity index (χ2v) is 10.8. The van der Waals surface area contributed by atoms with Crippen LogP contribution in [0.25, 0.3) is 0 Å². The number of aliphatic carboxylic acids is 1. The Morgan fingerprint density at radius 3 is 2.24 bits per heavy atom. The number of benzene rings is 2. The lowest BCUT2D eigenvalue weighted by molar-refractivity contribution is -0.141. The van der Waals surface area contributed by atoms with Crippen LogP contribution in [0, 0.1) is 11.8 Å². The number of aliphatic hydroxyl groups is 1. The van der Waals surface area contributed by atoms with E-state index in [1.54, 1.807) is 31.3 Å². The topological polar surface area (TPSA) is 110 Å². The first-order valence-electron chi connectivity index (χ1n) is 13.7. The first-order chi connectivity index (χ1) is 18.3. The lowest BCUT2D eigenvalue weighted by Crippen LogP contribution is -2.53. The number of likely N-dealkylation sites (tertiary alicyclic amines) is 1. The summed E-state index contributed by atoms with van der Waals surface area (Å²) in [6.07, 6.45) is 5.54. The Labute approximate surface area is 224 Å². The minimum atomic E-state index is -1.06. The van der Waals surface area contributed by atoms with Crippen molar-refractivity contribution in [2.45, 2.75) is 63.1 Å². The number of rotatable bonds is 9. The zero-order valence-electron chi connectivity index (χ0n) is 22.0. The fourth-order valence-corrected chi connectivity index (χ4v) is 5.96. The number of urea groups is 1. The number of nitrogens with zero attached hydrogens (tertiary/aromatic N) is 2. The Hall–Kier alpha value is -3.39. The van der Waals surface area contributed by atoms with Crippen LogP contribution in [0.4, 0.5) is 4.79 Å². The molecule has 4 rings (SSSR count). The maximum absolute atomic E-state index is 13.4. The van der Waals surface area contributed by atoms with E-state index in [0.29, 0.717) is 30.9 Å². The van der Waals surface area contributed by atoms with Crippen molar-refractivity contribution in [2.24, 2.45) is 11.8 Å². The summed E-state index contributed by atoms with van der Waals surface area (Å²) in [7, 11) is 1.58. The molecule has 1 aliphatic carbocycles. The van der Waals surface area contributed by atoms with Crippen LogP contribution in [0.1, 0.15) is 54.4 Å². The van der Waals surface area contributed by atoms with Crippen molar-refractivity contribution in [3.05, 3.63) is 71.8 Å². The molecule has 4 atom stereocenters. The number of carbonyl (C=O) groups excluding carboxylic acids is 2. The SMILES string of the molecule is CN(CC(O)[C@H](Cc1ccccc1)NC(=O)c1ccccc1)C(=O)N1CC(C2CCCCC2)C[C@H]1C(=O)O. The predicted molar refractivity (Wildman–Crippen MR) is 145 cm³/mol. The van der Waals surface area contributed by atoms with Crippen LogP contribution < -0.4 is 5.32 Å². The Kier molecular flexibility index (Phi) is 9.39. The molecule has 8 heteroatoms. The summed E-state index contributed by atoms with van der Waals surface area (Å²) in [6, 6.07) is 16.4. The molecule has 3 N–H and O–H groups in total. The molecule has 1 aliphatic heterocycles. The molecule has 1 saturated carbocycles. The summed E-state index contributed by atoms with van der Waals surface area (Å²) in [6.45, 7) is 0.390. The summed E-state index contributed by atoms with van der Waals surface area (Å²) < 4.78 is 0. The standard InChI is InChI=1S/C30H39N3O5/c1-32(30(38)33-19-24(18-26(33)29(36)37)22-13-7-3-8-14-22)20-27(34)25(17-21-11-5-2-6-12-21)31-28(35)23-15-9-4-10-16-23/h2,4-6,9-12,15-16,22,24-27,34H,3,7-8,13-14,17-20H2,1H3,(H,31,35)(H,36,37)/t24?,25-,26-,27?/m0/s1. The second kappa shape index (κ2) is 12.9. The monoisotopic (exact) mass is 521 g/mol. The van der Waals surface area contributed by atoms with Gasteiger partial charge in [0.25, 0.3) is 5.91 Å². The van der Waals surface area contributed by atoms with Crippen LogP contribution in [-0.4, -0.2) is 76.2 Å². The third-order valence-corrected chi connectivity index (χ3v) is 8.08. The van der Waals surface area contributed by atoms with E-state index in [-0.39, 0.29) is 18.4 Å². The maximum atomic E-state index is 13.4. The van der Waals surface area contributed by atoms with Crippen LogP contribution in [0.5, 0.6) is 0 Å². The highest BCUT2D eigenvalue weighted by molar-refractivity contribution is 5.94. The highest BCUT2D eigenvalue weighted by Gasteiger charge is 2.43. The molecule has 8 nitrogen and oxygen atoms in total. The molecule has 2 aliphatic rings. The molecule has 2 fully saturated rings. The number of carboxylic acid groups (broad SMARTS) is 1. The number of likely N-dealkylation sites (N-methyl/N-ethyl adjacent to an activating group) is 1. The molecule has 2 aromatic carbocycles. The highest BCUT2D eigenvalue weighted by Crippen LogP contribution is 2.38. The molecule has 0 bridgehead atoms. The first kappa shape index (κ1) is 27.6. The molecule has 0 radical (unpaired) electrons. The van der Waals surface area contributed by atoms with E-state index in [0.717, 1.165) is 31.2 Å². The number of hydrogen-bond donors (Lipinski definition) is 3. The minimum Gasteiger partial charge on any atom is -0.480 e. The Morgan fingerprint density at radius 1 is 0.974 bits per heavy atom. The summed E-state index contributed by atoms with van der Waals surface area (Å²) >= 11 is 0. The van der Waals surface area contributed by atoms with E-state index in [4.69, 9.17) is 0 Å². The number of amides is 3. The largest absolute Gasteiger partial charge is 0.480 e. The van der Waals surface area contributed by atoms with Gasteiger partial charge in [0, 0.05) is 19.2 Å². The predicted octanol–water partition coefficient (Wildman–Crippen LogP) is 3.80. The van der Waals surface area contributed by atoms with Crippen LogP contribution in [0.2, 0.25) is 0 Å². The summed E-state index contributed by atoms with van der Waals surface area (Å²) in [4.78, 5) is 41.2. The van der Waals surface area contributed by atoms with Gasteiger partial charge in [-0.1, -0.05) is 80.6 Å². The molecule has 0 spiro atoms. The fourth-order valence-electron chi connectivity index (χ4n) is 5.96. The Balaban J connectivity index is 1.44. The van der Waals surface area contributed by atoms with Gasteiger partial charge in [-0.3, -0.25) is 4.79 Å². The summed E-state index contributed by atoms with van der Waals surface area (Å²) in [5.41, 5.74) is 1.43. The number of aliphatic hydroxyl groups excluding tert-OH is 1. The number of carbonyl (C=O) groups is 3. The second-order valence-electron chi connectivity index (χ2n) is 10.8. The quantitative estimate of drug-likeness (QED) is 0.465. The summed E-state index contributed by atoms with van der Waals surface area (Å²) in [5.74, 6) is -0.638. The molecule has 3 amide bonds. The molecular formula is C30H39N3O5. The van der Waals surface area contributed by atoms with Gasteiger partial charge < -0.3 is 25.3 Å². The molecule has 1 heterocycles. The van der Waals surface area contributed by atoms with Gasteiger partial charge in [-0.05, 0) is 42.4 Å². The average Bonchev–Trinajstić information content (AvgIpc) is 3.40. The van der Waals surface area contributed by atoms with Crippen molar-refractivity contribution in [1.29, 1.82) is 0 Å². The molecule has 204 valence electrons. The van der Waals surface area contributed by atoms with Crippen molar-refractivity contribution in [1.82, 2.24) is 15.1 Å². The average molecular weight is 522 g/mol. The Morgan fingerprint density at radius 2 is 1.61 bits per heavy atom. The van der Waals surface area contributed by atoms with E-state index < -0.39 is 30.2 Å². The van der Waals surface area contributed by atoms with Crippen LogP contribution in [-0.2, 0) is 11.2 Å². The molecule has 2 aromatic rings. The van der Waals surface area contributed by atoms with Gasteiger partial charge >= 0.3 is 12.0 Å². The zero-order valence-corrected chi connectivity index (χ0v) is 22.0. The van der Waals surface area contributed by atoms with Crippen molar-refractivity contribution >= 4 is 17.9 Å². The molecule has 1 saturated heterocycles. The summed E-state index contributed by atoms with van der Waals surface area (Å²) in [5, 5.41) is 24.0. The van der Waals surface area contributed by atoms with Gasteiger partial charge in [0.15, 0.2) is 0 Å². The van der Waals surface area contributed by atoms with Gasteiger partial charge in [0.1, 0.15) is 6.04 Å². The lowest BCUT2D eigenvalue weighted by atomic mass is 9.79. The van der Waals surface area contributed by atoms with Crippen LogP contribution in [0.15, 0.2) is 60.7 Å². The van der Waals surface area contributed by atoms with Crippen LogP contribution in [0.3, 0.4) is 0 Å². The van der Waals surface area contributed by atoms with Crippen molar-refractivity contribution in [2.75, 3.05) is 20.1 Å². The normalized spacial score (nSPS) is 21.5. The van der Waals surface area contributed by atoms with Gasteiger partial charge in [0.2, 0.25) is 0 Å². The molecule has 38 heavy (non-hydrogen) atoms. The smallest absolute Gasteiger partial charge is 0.326 e. The Bertz CT molecular complexity index is 1070. The molecule has 0 aromatic heterocycles. The van der Waals surface area contributed by atoms with Gasteiger partial charge in [-0.2, -0.15) is 0 Å². The molecule has 2 unspecified atom stereocenters. The van der Waals surface area contributed by atoms with Crippen molar-refractivity contribution in [3.63, 3.8) is 0 Å². The first-order valence-corrected chi connectivity index (χ1v) is 13.7. The van der Waals surface area contributed by atoms with Gasteiger partial charge in [-0.15, -0.1) is 0 Å². The third kappa shape index (κ3) is 6.92. The van der Waals surface area contributed by atoms with E-state index in [2.05, 4.69) is 5.32 Å². The van der Waals surface area contributed by atoms with E-state index in [1.165, 1.54) is 16.2 Å². The molecular weight excluding hydrogens is 482 g/mol. The van der Waals surface area contributed by atoms with Crippen molar-refractivity contribution < 1.29 is 24.6 Å². The maximum Gasteiger partial charge on any atom is 0.326 e. The van der Waals surface area contributed by atoms with Crippen molar-refractivity contribution in [3.8, 4) is 0 Å². The lowest BCUT2D eigenvalue weighted by Gasteiger charge is -2.32. The van der Waals surface area contributed by atoms with E-state index in [9.17, 15) is 24.6 Å². The highest BCUT2D eigenvalue weighted by atomic mass is 16.4. The minimum absolute atomic E-state index is 0.0393. The third-order valence-electron chi connectivity index (χ3n) is 8.08. The number of hydrogen-bond acceptors (Lipinski definition) is 4. The number of carboxylic acids is 1. The van der Waals surface area contributed by atoms with E-state index in [1.807, 2.05) is 36.4 Å². The van der Waals surface area contributed by atoms with Gasteiger partial charge in [0.05, 0.1) is 18.7 Å². The van der Waals surface area contributed by atoms with Gasteiger partial charge in [-0.25, -0.2) is 9.59 Å². The van der Waals surface area contributed by atoms with E-state index >= 15 is 0 Å². The zero-order chi connectivity index (χ0) is 27.1. The van der Waals surface area contributed by atoms with Crippen LogP contribution >= 0.6 is 0 Å². The fraction of sp³-hybridized carbons (Fsp3) is 0.500.